The van der Waals surface area contributed by atoms with Gasteiger partial charge in [0.2, 0.25) is 0 Å². The monoisotopic (exact) mass is 233 g/mol. The third kappa shape index (κ3) is 2.82. The molecule has 0 aliphatic carbocycles. The fraction of sp³-hybridized carbons (Fsp3) is 0.333. The average molecular weight is 233 g/mol. The predicted octanol–water partition coefficient (Wildman–Crippen LogP) is 1.24. The van der Waals surface area contributed by atoms with Gasteiger partial charge in [-0.3, -0.25) is 4.57 Å². The standard InChI is InChI=1S/C12H15N3O2/c1-2-14-9-13-15(12(14)16)10-17-8-11-6-4-3-5-7-11/h3-7,9H,2,8,10H2,1H3. The van der Waals surface area contributed by atoms with E-state index in [1.807, 2.05) is 37.3 Å². The number of hydrogen-bond acceptors (Lipinski definition) is 3. The molecule has 1 heterocycles. The van der Waals surface area contributed by atoms with Crippen LogP contribution < -0.4 is 5.69 Å². The Balaban J connectivity index is 1.90. The Morgan fingerprint density at radius 1 is 1.29 bits per heavy atom. The predicted molar refractivity (Wildman–Crippen MR) is 63.4 cm³/mol. The summed E-state index contributed by atoms with van der Waals surface area (Å²) in [7, 11) is 0. The Bertz CT molecular complexity index is 516. The molecule has 0 aliphatic rings. The van der Waals surface area contributed by atoms with Gasteiger partial charge in [0.25, 0.3) is 0 Å². The molecule has 2 aromatic rings. The molecule has 17 heavy (non-hydrogen) atoms. The molecule has 5 nitrogen and oxygen atoms in total. The van der Waals surface area contributed by atoms with Gasteiger partial charge < -0.3 is 4.74 Å². The summed E-state index contributed by atoms with van der Waals surface area (Å²) in [6.07, 6.45) is 1.52. The summed E-state index contributed by atoms with van der Waals surface area (Å²) < 4.78 is 8.28. The van der Waals surface area contributed by atoms with Gasteiger partial charge in [0.05, 0.1) is 6.61 Å². The van der Waals surface area contributed by atoms with Crippen LogP contribution in [0, 0.1) is 0 Å². The third-order valence-corrected chi connectivity index (χ3v) is 2.46. The SMILES string of the molecule is CCn1cnn(COCc2ccccc2)c1=O. The summed E-state index contributed by atoms with van der Waals surface area (Å²) in [5.41, 5.74) is 0.941. The summed E-state index contributed by atoms with van der Waals surface area (Å²) >= 11 is 0. The highest BCUT2D eigenvalue weighted by molar-refractivity contribution is 5.13. The van der Waals surface area contributed by atoms with Crippen molar-refractivity contribution in [1.82, 2.24) is 14.3 Å². The molecule has 0 unspecified atom stereocenters. The van der Waals surface area contributed by atoms with Crippen molar-refractivity contribution in [1.29, 1.82) is 0 Å². The van der Waals surface area contributed by atoms with Gasteiger partial charge in [0.15, 0.2) is 0 Å². The fourth-order valence-electron chi connectivity index (χ4n) is 1.50. The van der Waals surface area contributed by atoms with E-state index < -0.39 is 0 Å². The molecule has 0 radical (unpaired) electrons. The first-order valence-corrected chi connectivity index (χ1v) is 5.55. The van der Waals surface area contributed by atoms with Crippen molar-refractivity contribution in [3.63, 3.8) is 0 Å². The zero-order valence-electron chi connectivity index (χ0n) is 9.74. The molecule has 5 heteroatoms. The van der Waals surface area contributed by atoms with E-state index in [4.69, 9.17) is 4.74 Å². The number of aryl methyl sites for hydroxylation is 1. The van der Waals surface area contributed by atoms with E-state index in [1.165, 1.54) is 15.6 Å². The van der Waals surface area contributed by atoms with E-state index in [9.17, 15) is 4.79 Å². The van der Waals surface area contributed by atoms with Crippen LogP contribution in [0.5, 0.6) is 0 Å². The van der Waals surface area contributed by atoms with E-state index in [0.29, 0.717) is 13.2 Å². The molecule has 0 spiro atoms. The van der Waals surface area contributed by atoms with Gasteiger partial charge in [0.1, 0.15) is 13.1 Å². The molecule has 1 aromatic carbocycles. The summed E-state index contributed by atoms with van der Waals surface area (Å²) in [5, 5.41) is 3.96. The summed E-state index contributed by atoms with van der Waals surface area (Å²) in [4.78, 5) is 11.6. The quantitative estimate of drug-likeness (QED) is 0.780. The van der Waals surface area contributed by atoms with Gasteiger partial charge in [-0.25, -0.2) is 4.79 Å². The Labute approximate surface area is 99.3 Å². The van der Waals surface area contributed by atoms with Crippen molar-refractivity contribution in [2.24, 2.45) is 0 Å². The van der Waals surface area contributed by atoms with E-state index in [-0.39, 0.29) is 12.4 Å². The van der Waals surface area contributed by atoms with Gasteiger partial charge in [-0.1, -0.05) is 30.3 Å². The van der Waals surface area contributed by atoms with Gasteiger partial charge in [-0.2, -0.15) is 9.78 Å². The van der Waals surface area contributed by atoms with Crippen LogP contribution in [0.1, 0.15) is 12.5 Å². The van der Waals surface area contributed by atoms with Crippen LogP contribution in [-0.4, -0.2) is 14.3 Å². The minimum Gasteiger partial charge on any atom is -0.354 e. The lowest BCUT2D eigenvalue weighted by atomic mass is 10.2. The summed E-state index contributed by atoms with van der Waals surface area (Å²) in [6.45, 7) is 3.18. The number of aromatic nitrogens is 3. The lowest BCUT2D eigenvalue weighted by Gasteiger charge is -2.03. The Kier molecular flexibility index (Phi) is 3.72. The van der Waals surface area contributed by atoms with Crippen LogP contribution in [0.4, 0.5) is 0 Å². The van der Waals surface area contributed by atoms with Gasteiger partial charge in [0, 0.05) is 6.54 Å². The minimum atomic E-state index is -0.138. The molecule has 0 saturated heterocycles. The first kappa shape index (κ1) is 11.6. The molecule has 0 aliphatic heterocycles. The summed E-state index contributed by atoms with van der Waals surface area (Å²) in [5.74, 6) is 0. The summed E-state index contributed by atoms with van der Waals surface area (Å²) in [6, 6.07) is 9.82. The van der Waals surface area contributed by atoms with Gasteiger partial charge in [-0.15, -0.1) is 0 Å². The molecule has 0 amide bonds. The van der Waals surface area contributed by atoms with Crippen LogP contribution >= 0.6 is 0 Å². The molecular weight excluding hydrogens is 218 g/mol. The number of nitrogens with zero attached hydrogens (tertiary/aromatic N) is 3. The lowest BCUT2D eigenvalue weighted by Crippen LogP contribution is -2.25. The van der Waals surface area contributed by atoms with Crippen molar-refractivity contribution in [2.75, 3.05) is 0 Å². The smallest absolute Gasteiger partial charge is 0.347 e. The average Bonchev–Trinajstić information content (AvgIpc) is 2.72. The Morgan fingerprint density at radius 2 is 2.06 bits per heavy atom. The van der Waals surface area contributed by atoms with E-state index in [0.717, 1.165) is 5.56 Å². The Hall–Kier alpha value is -1.88. The van der Waals surface area contributed by atoms with Crippen LogP contribution in [0.15, 0.2) is 41.5 Å². The highest BCUT2D eigenvalue weighted by Crippen LogP contribution is 2.00. The lowest BCUT2D eigenvalue weighted by molar-refractivity contribution is 0.0534. The second-order valence-corrected chi connectivity index (χ2v) is 3.66. The highest BCUT2D eigenvalue weighted by atomic mass is 16.5. The minimum absolute atomic E-state index is 0.138. The van der Waals surface area contributed by atoms with E-state index in [2.05, 4.69) is 5.10 Å². The molecule has 0 saturated carbocycles. The molecule has 1 aromatic heterocycles. The molecule has 0 N–H and O–H groups in total. The second-order valence-electron chi connectivity index (χ2n) is 3.66. The third-order valence-electron chi connectivity index (χ3n) is 2.46. The number of hydrogen-bond donors (Lipinski definition) is 0. The normalized spacial score (nSPS) is 10.6. The molecule has 0 atom stereocenters. The topological polar surface area (TPSA) is 49.0 Å². The molecule has 0 fully saturated rings. The van der Waals surface area contributed by atoms with Crippen molar-refractivity contribution in [3.05, 3.63) is 52.7 Å². The molecular formula is C12H15N3O2. The van der Waals surface area contributed by atoms with Crippen LogP contribution in [-0.2, 0) is 24.6 Å². The highest BCUT2D eigenvalue weighted by Gasteiger charge is 2.02. The van der Waals surface area contributed by atoms with Crippen molar-refractivity contribution in [2.45, 2.75) is 26.8 Å². The number of rotatable bonds is 5. The maximum absolute atomic E-state index is 11.6. The zero-order chi connectivity index (χ0) is 12.1. The fourth-order valence-corrected chi connectivity index (χ4v) is 1.50. The van der Waals surface area contributed by atoms with Crippen molar-refractivity contribution < 1.29 is 4.74 Å². The van der Waals surface area contributed by atoms with Crippen molar-refractivity contribution in [3.8, 4) is 0 Å². The van der Waals surface area contributed by atoms with Gasteiger partial charge >= 0.3 is 5.69 Å². The van der Waals surface area contributed by atoms with Crippen LogP contribution in [0.3, 0.4) is 0 Å². The maximum Gasteiger partial charge on any atom is 0.347 e. The first-order valence-electron chi connectivity index (χ1n) is 5.55. The van der Waals surface area contributed by atoms with Crippen LogP contribution in [0.2, 0.25) is 0 Å². The number of benzene rings is 1. The first-order chi connectivity index (χ1) is 8.31. The van der Waals surface area contributed by atoms with E-state index in [1.54, 1.807) is 0 Å². The second kappa shape index (κ2) is 5.45. The number of ether oxygens (including phenoxy) is 1. The van der Waals surface area contributed by atoms with Crippen LogP contribution in [0.25, 0.3) is 0 Å². The Morgan fingerprint density at radius 3 is 2.71 bits per heavy atom. The molecule has 0 bridgehead atoms. The molecule has 90 valence electrons. The van der Waals surface area contributed by atoms with Gasteiger partial charge in [-0.05, 0) is 12.5 Å². The van der Waals surface area contributed by atoms with Crippen molar-refractivity contribution >= 4 is 0 Å². The molecule has 2 rings (SSSR count). The largest absolute Gasteiger partial charge is 0.354 e. The zero-order valence-corrected chi connectivity index (χ0v) is 9.74. The maximum atomic E-state index is 11.6. The van der Waals surface area contributed by atoms with E-state index >= 15 is 0 Å².